The Labute approximate surface area is 114 Å². The van der Waals surface area contributed by atoms with Gasteiger partial charge in [0.1, 0.15) is 12.1 Å². The largest absolute Gasteiger partial charge is 0.550 e. The number of nitrogens with two attached hydrogens (primary N) is 1. The summed E-state index contributed by atoms with van der Waals surface area (Å²) < 4.78 is 0. The van der Waals surface area contributed by atoms with Gasteiger partial charge in [0.05, 0.1) is 19.1 Å². The van der Waals surface area contributed by atoms with Gasteiger partial charge in [0.2, 0.25) is 0 Å². The maximum absolute atomic E-state index is 11.3. The molecule has 5 heteroatoms. The van der Waals surface area contributed by atoms with E-state index in [4.69, 9.17) is 5.73 Å². The Hall–Kier alpha value is -0.650. The van der Waals surface area contributed by atoms with Crippen LogP contribution >= 0.6 is 0 Å². The number of carboxylic acids is 1. The van der Waals surface area contributed by atoms with E-state index in [0.717, 1.165) is 38.5 Å². The summed E-state index contributed by atoms with van der Waals surface area (Å²) in [5.41, 5.74) is 6.10. The second-order valence-corrected chi connectivity index (χ2v) is 6.69. The second kappa shape index (κ2) is 5.04. The molecule has 1 heterocycles. The average Bonchev–Trinajstić information content (AvgIpc) is 2.39. The minimum atomic E-state index is -0.874. The molecule has 2 saturated carbocycles. The molecule has 4 N–H and O–H groups in total. The quantitative estimate of drug-likeness (QED) is 0.496. The van der Waals surface area contributed by atoms with Gasteiger partial charge in [-0.3, -0.25) is 5.32 Å². The summed E-state index contributed by atoms with van der Waals surface area (Å²) in [6, 6.07) is 1.79. The predicted octanol–water partition coefficient (Wildman–Crippen LogP) is -2.36. The van der Waals surface area contributed by atoms with Crippen molar-refractivity contribution in [2.75, 3.05) is 7.05 Å². The number of nitrogens with one attached hydrogen (secondary N) is 2. The zero-order valence-corrected chi connectivity index (χ0v) is 11.6. The Morgan fingerprint density at radius 2 is 2.05 bits per heavy atom. The number of piperazine rings is 1. The van der Waals surface area contributed by atoms with Crippen molar-refractivity contribution in [3.63, 3.8) is 0 Å². The monoisotopic (exact) mass is 267 g/mol. The van der Waals surface area contributed by atoms with Gasteiger partial charge >= 0.3 is 0 Å². The summed E-state index contributed by atoms with van der Waals surface area (Å²) in [4.78, 5) is 12.8. The lowest BCUT2D eigenvalue weighted by atomic mass is 9.74. The number of carbonyl (C=O) groups is 1. The SMILES string of the molecule is C[NH+]1C2CC(N)CCC2NC2C(C(=O)[O-])CCCC21. The van der Waals surface area contributed by atoms with Gasteiger partial charge in [0.25, 0.3) is 0 Å². The van der Waals surface area contributed by atoms with Crippen LogP contribution in [0.4, 0.5) is 0 Å². The molecule has 5 nitrogen and oxygen atoms in total. The number of hydrogen-bond donors (Lipinski definition) is 3. The molecule has 0 spiro atoms. The summed E-state index contributed by atoms with van der Waals surface area (Å²) >= 11 is 0. The van der Waals surface area contributed by atoms with Crippen molar-refractivity contribution < 1.29 is 14.8 Å². The molecular formula is C14H25N3O2. The zero-order valence-electron chi connectivity index (χ0n) is 11.6. The van der Waals surface area contributed by atoms with E-state index in [2.05, 4.69) is 12.4 Å². The summed E-state index contributed by atoms with van der Waals surface area (Å²) in [6.07, 6.45) is 6.07. The molecular weight excluding hydrogens is 242 g/mol. The molecule has 0 amide bonds. The Bertz CT molecular complexity index is 363. The standard InChI is InChI=1S/C14H25N3O2/c1-17-11-4-2-3-9(14(18)19)13(11)16-10-6-5-8(15)7-12(10)17/h8-13,16H,2-7,15H2,1H3,(H,18,19). The van der Waals surface area contributed by atoms with E-state index < -0.39 is 5.97 Å². The third-order valence-corrected chi connectivity index (χ3v) is 5.67. The third-order valence-electron chi connectivity index (χ3n) is 5.67. The highest BCUT2D eigenvalue weighted by molar-refractivity contribution is 5.69. The first-order valence-electron chi connectivity index (χ1n) is 7.63. The Balaban J connectivity index is 1.80. The van der Waals surface area contributed by atoms with Crippen LogP contribution in [0.2, 0.25) is 0 Å². The molecule has 3 rings (SSSR count). The second-order valence-electron chi connectivity index (χ2n) is 6.69. The topological polar surface area (TPSA) is 82.6 Å². The minimum Gasteiger partial charge on any atom is -0.550 e. The van der Waals surface area contributed by atoms with Crippen molar-refractivity contribution in [3.05, 3.63) is 0 Å². The molecule has 2 aliphatic carbocycles. The molecule has 19 heavy (non-hydrogen) atoms. The highest BCUT2D eigenvalue weighted by atomic mass is 16.4. The molecule has 0 bridgehead atoms. The summed E-state index contributed by atoms with van der Waals surface area (Å²) in [7, 11) is 2.23. The molecule has 7 atom stereocenters. The van der Waals surface area contributed by atoms with Gasteiger partial charge in [-0.2, -0.15) is 0 Å². The molecule has 1 saturated heterocycles. The van der Waals surface area contributed by atoms with Gasteiger partial charge in [-0.25, -0.2) is 0 Å². The number of carbonyl (C=O) groups excluding carboxylic acids is 1. The van der Waals surface area contributed by atoms with Gasteiger partial charge in [-0.05, 0) is 25.7 Å². The zero-order chi connectivity index (χ0) is 13.6. The van der Waals surface area contributed by atoms with Gasteiger partial charge in [-0.1, -0.05) is 0 Å². The lowest BCUT2D eigenvalue weighted by Crippen LogP contribution is -3.22. The van der Waals surface area contributed by atoms with Crippen LogP contribution in [-0.2, 0) is 4.79 Å². The van der Waals surface area contributed by atoms with Crippen LogP contribution in [0.1, 0.15) is 38.5 Å². The Kier molecular flexibility index (Phi) is 3.53. The fraction of sp³-hybridized carbons (Fsp3) is 0.929. The number of hydrogen-bond acceptors (Lipinski definition) is 4. The van der Waals surface area contributed by atoms with E-state index in [0.29, 0.717) is 24.2 Å². The summed E-state index contributed by atoms with van der Waals surface area (Å²) in [5, 5.41) is 15.0. The van der Waals surface area contributed by atoms with E-state index in [1.807, 2.05) is 0 Å². The Morgan fingerprint density at radius 3 is 2.79 bits per heavy atom. The molecule has 0 aromatic carbocycles. The van der Waals surface area contributed by atoms with Crippen LogP contribution < -0.4 is 21.1 Å². The van der Waals surface area contributed by atoms with Gasteiger partial charge in [-0.15, -0.1) is 0 Å². The van der Waals surface area contributed by atoms with Crippen LogP contribution in [0.5, 0.6) is 0 Å². The molecule has 3 fully saturated rings. The van der Waals surface area contributed by atoms with Crippen LogP contribution in [-0.4, -0.2) is 43.2 Å². The highest BCUT2D eigenvalue weighted by Gasteiger charge is 2.49. The lowest BCUT2D eigenvalue weighted by Gasteiger charge is -2.53. The van der Waals surface area contributed by atoms with Crippen molar-refractivity contribution >= 4 is 5.97 Å². The molecule has 0 aromatic rings. The first-order chi connectivity index (χ1) is 9.08. The maximum Gasteiger partial charge on any atom is 0.104 e. The highest BCUT2D eigenvalue weighted by Crippen LogP contribution is 2.29. The van der Waals surface area contributed by atoms with Crippen molar-refractivity contribution in [3.8, 4) is 0 Å². The van der Waals surface area contributed by atoms with Crippen LogP contribution in [0.3, 0.4) is 0 Å². The normalized spacial score (nSPS) is 50.1. The van der Waals surface area contributed by atoms with Crippen LogP contribution in [0.25, 0.3) is 0 Å². The van der Waals surface area contributed by atoms with Crippen LogP contribution in [0.15, 0.2) is 0 Å². The van der Waals surface area contributed by atoms with E-state index in [9.17, 15) is 9.90 Å². The first-order valence-corrected chi connectivity index (χ1v) is 7.63. The fourth-order valence-corrected chi connectivity index (χ4v) is 4.63. The first kappa shape index (κ1) is 13.3. The molecule has 1 aliphatic heterocycles. The molecule has 0 aromatic heterocycles. The number of rotatable bonds is 1. The molecule has 7 unspecified atom stereocenters. The molecule has 0 radical (unpaired) electrons. The fourth-order valence-electron chi connectivity index (χ4n) is 4.63. The van der Waals surface area contributed by atoms with E-state index in [1.54, 1.807) is 0 Å². The predicted molar refractivity (Wildman–Crippen MR) is 69.3 cm³/mol. The average molecular weight is 267 g/mol. The minimum absolute atomic E-state index is 0.0920. The van der Waals surface area contributed by atoms with Crippen LogP contribution in [0, 0.1) is 5.92 Å². The van der Waals surface area contributed by atoms with Crippen molar-refractivity contribution in [1.82, 2.24) is 5.32 Å². The lowest BCUT2D eigenvalue weighted by molar-refractivity contribution is -0.942. The number of fused-ring (bicyclic) bond motifs is 2. The van der Waals surface area contributed by atoms with E-state index >= 15 is 0 Å². The van der Waals surface area contributed by atoms with Gasteiger partial charge in [0.15, 0.2) is 0 Å². The number of carboxylic acid groups (broad SMARTS) is 1. The number of aliphatic carboxylic acids is 1. The third kappa shape index (κ3) is 2.28. The number of quaternary nitrogens is 1. The van der Waals surface area contributed by atoms with Crippen molar-refractivity contribution in [2.45, 2.75) is 68.7 Å². The Morgan fingerprint density at radius 1 is 1.26 bits per heavy atom. The van der Waals surface area contributed by atoms with Gasteiger partial charge < -0.3 is 20.5 Å². The molecule has 3 aliphatic rings. The summed E-state index contributed by atoms with van der Waals surface area (Å²) in [5.74, 6) is -1.19. The number of likely N-dealkylation sites (N-methyl/N-ethyl adjacent to an activating group) is 1. The van der Waals surface area contributed by atoms with Gasteiger partial charge in [0, 0.05) is 30.8 Å². The summed E-state index contributed by atoms with van der Waals surface area (Å²) in [6.45, 7) is 0. The van der Waals surface area contributed by atoms with Crippen molar-refractivity contribution in [2.24, 2.45) is 11.7 Å². The van der Waals surface area contributed by atoms with E-state index in [1.165, 1.54) is 4.90 Å². The molecule has 108 valence electrons. The van der Waals surface area contributed by atoms with Crippen molar-refractivity contribution in [1.29, 1.82) is 0 Å². The smallest absolute Gasteiger partial charge is 0.104 e. The van der Waals surface area contributed by atoms with E-state index in [-0.39, 0.29) is 12.0 Å². The maximum atomic E-state index is 11.3.